The van der Waals surface area contributed by atoms with Gasteiger partial charge in [-0.25, -0.2) is 0 Å². The molecule has 2 heterocycles. The molecular weight excluding hydrogens is 198 g/mol. The number of rotatable bonds is 2. The number of aromatic amines is 1. The number of hydrogen-bond donors (Lipinski definition) is 1. The third kappa shape index (κ3) is 1.51. The molecule has 2 rings (SSSR count). The van der Waals surface area contributed by atoms with Gasteiger partial charge in [0.15, 0.2) is 0 Å². The second kappa shape index (κ2) is 3.80. The van der Waals surface area contributed by atoms with Gasteiger partial charge >= 0.3 is 0 Å². The highest BCUT2D eigenvalue weighted by Gasteiger charge is 2.08. The van der Waals surface area contributed by atoms with E-state index in [-0.39, 0.29) is 0 Å². The van der Waals surface area contributed by atoms with Gasteiger partial charge in [-0.15, -0.1) is 11.6 Å². The predicted molar refractivity (Wildman–Crippen MR) is 56.1 cm³/mol. The highest BCUT2D eigenvalue weighted by molar-refractivity contribution is 6.17. The van der Waals surface area contributed by atoms with Crippen LogP contribution in [0.5, 0.6) is 0 Å². The van der Waals surface area contributed by atoms with E-state index in [1.165, 1.54) is 0 Å². The maximum absolute atomic E-state index is 5.80. The van der Waals surface area contributed by atoms with Crippen LogP contribution in [-0.2, 0) is 5.88 Å². The quantitative estimate of drug-likeness (QED) is 0.769. The second-order valence-corrected chi connectivity index (χ2v) is 3.31. The van der Waals surface area contributed by atoms with Gasteiger partial charge in [0, 0.05) is 23.0 Å². The smallest absolute Gasteiger partial charge is 0.0712 e. The maximum atomic E-state index is 5.80. The van der Waals surface area contributed by atoms with Gasteiger partial charge < -0.3 is 0 Å². The third-order valence-corrected chi connectivity index (χ3v) is 2.43. The van der Waals surface area contributed by atoms with E-state index in [0.717, 1.165) is 22.5 Å². The topological polar surface area (TPSA) is 41.6 Å². The van der Waals surface area contributed by atoms with Gasteiger partial charge in [-0.05, 0) is 19.1 Å². The summed E-state index contributed by atoms with van der Waals surface area (Å²) in [7, 11) is 0. The van der Waals surface area contributed by atoms with Crippen molar-refractivity contribution >= 4 is 11.6 Å². The van der Waals surface area contributed by atoms with Crippen molar-refractivity contribution in [1.82, 2.24) is 15.2 Å². The first-order valence-corrected chi connectivity index (χ1v) is 4.86. The number of pyridine rings is 1. The first-order valence-electron chi connectivity index (χ1n) is 4.33. The van der Waals surface area contributed by atoms with Gasteiger partial charge in [-0.1, -0.05) is 0 Å². The Bertz CT molecular complexity index is 436. The number of nitrogens with one attached hydrogen (secondary N) is 1. The van der Waals surface area contributed by atoms with Crippen molar-refractivity contribution in [2.75, 3.05) is 0 Å². The summed E-state index contributed by atoms with van der Waals surface area (Å²) in [6.45, 7) is 1.97. The zero-order valence-corrected chi connectivity index (χ0v) is 8.54. The molecule has 0 saturated heterocycles. The molecule has 2 aromatic heterocycles. The van der Waals surface area contributed by atoms with Gasteiger partial charge in [-0.3, -0.25) is 10.1 Å². The molecule has 0 aliphatic heterocycles. The number of hydrogen-bond acceptors (Lipinski definition) is 2. The van der Waals surface area contributed by atoms with E-state index in [1.807, 2.05) is 19.1 Å². The Kier molecular flexibility index (Phi) is 2.50. The molecule has 3 nitrogen and oxygen atoms in total. The molecule has 0 amide bonds. The molecule has 14 heavy (non-hydrogen) atoms. The summed E-state index contributed by atoms with van der Waals surface area (Å²) in [5, 5.41) is 6.91. The van der Waals surface area contributed by atoms with E-state index >= 15 is 0 Å². The number of nitrogens with zero attached hydrogens (tertiary/aromatic N) is 2. The van der Waals surface area contributed by atoms with Gasteiger partial charge in [0.2, 0.25) is 0 Å². The summed E-state index contributed by atoms with van der Waals surface area (Å²) in [5.41, 5.74) is 4.00. The number of aryl methyl sites for hydroxylation is 1. The van der Waals surface area contributed by atoms with Crippen molar-refractivity contribution < 1.29 is 0 Å². The minimum Gasteiger partial charge on any atom is -0.277 e. The molecule has 0 unspecified atom stereocenters. The molecule has 4 heteroatoms. The summed E-state index contributed by atoms with van der Waals surface area (Å²) >= 11 is 5.80. The Hall–Kier alpha value is -1.35. The van der Waals surface area contributed by atoms with Crippen molar-refractivity contribution in [3.05, 3.63) is 35.8 Å². The van der Waals surface area contributed by atoms with Crippen molar-refractivity contribution in [1.29, 1.82) is 0 Å². The summed E-state index contributed by atoms with van der Waals surface area (Å²) in [5.74, 6) is 0.458. The van der Waals surface area contributed by atoms with Gasteiger partial charge in [0.25, 0.3) is 0 Å². The van der Waals surface area contributed by atoms with Crippen molar-refractivity contribution in [2.45, 2.75) is 12.8 Å². The van der Waals surface area contributed by atoms with Gasteiger partial charge in [0.05, 0.1) is 17.8 Å². The molecule has 0 radical (unpaired) electrons. The van der Waals surface area contributed by atoms with Crippen LogP contribution in [0.4, 0.5) is 0 Å². The molecule has 0 atom stereocenters. The van der Waals surface area contributed by atoms with Gasteiger partial charge in [-0.2, -0.15) is 5.10 Å². The largest absolute Gasteiger partial charge is 0.277 e. The number of halogens is 1. The Morgan fingerprint density at radius 2 is 2.36 bits per heavy atom. The lowest BCUT2D eigenvalue weighted by Gasteiger charge is -2.03. The van der Waals surface area contributed by atoms with Crippen molar-refractivity contribution in [3.8, 4) is 11.3 Å². The lowest BCUT2D eigenvalue weighted by molar-refractivity contribution is 1.09. The van der Waals surface area contributed by atoms with Crippen LogP contribution in [-0.4, -0.2) is 15.2 Å². The van der Waals surface area contributed by atoms with Crippen LogP contribution in [0, 0.1) is 6.92 Å². The number of aromatic nitrogens is 3. The van der Waals surface area contributed by atoms with E-state index in [9.17, 15) is 0 Å². The fourth-order valence-electron chi connectivity index (χ4n) is 1.39. The first-order chi connectivity index (χ1) is 6.83. The fourth-order valence-corrected chi connectivity index (χ4v) is 1.60. The van der Waals surface area contributed by atoms with E-state index in [4.69, 9.17) is 11.6 Å². The minimum atomic E-state index is 0.458. The zero-order chi connectivity index (χ0) is 9.97. The molecule has 0 fully saturated rings. The second-order valence-electron chi connectivity index (χ2n) is 3.04. The molecule has 2 aromatic rings. The molecular formula is C10H10ClN3. The van der Waals surface area contributed by atoms with Crippen LogP contribution in [0.2, 0.25) is 0 Å². The number of alkyl halides is 1. The van der Waals surface area contributed by atoms with Crippen LogP contribution in [0.15, 0.2) is 24.5 Å². The fraction of sp³-hybridized carbons (Fsp3) is 0.200. The zero-order valence-electron chi connectivity index (χ0n) is 7.79. The summed E-state index contributed by atoms with van der Waals surface area (Å²) in [6, 6.07) is 3.91. The standard InChI is InChI=1S/C10H10ClN3/c1-7-9(3-2-4-12-7)10-8(5-11)6-13-14-10/h2-4,6H,5H2,1H3,(H,13,14). The molecule has 0 aliphatic carbocycles. The van der Waals surface area contributed by atoms with Crippen LogP contribution >= 0.6 is 11.6 Å². The number of H-pyrrole nitrogens is 1. The lowest BCUT2D eigenvalue weighted by atomic mass is 10.1. The molecule has 0 bridgehead atoms. The molecule has 0 spiro atoms. The minimum absolute atomic E-state index is 0.458. The normalized spacial score (nSPS) is 10.4. The molecule has 1 N–H and O–H groups in total. The van der Waals surface area contributed by atoms with Gasteiger partial charge in [0.1, 0.15) is 0 Å². The third-order valence-electron chi connectivity index (χ3n) is 2.14. The molecule has 0 saturated carbocycles. The predicted octanol–water partition coefficient (Wildman–Crippen LogP) is 2.52. The summed E-state index contributed by atoms with van der Waals surface area (Å²) < 4.78 is 0. The van der Waals surface area contributed by atoms with Crippen LogP contribution in [0.3, 0.4) is 0 Å². The molecule has 0 aliphatic rings. The van der Waals surface area contributed by atoms with Crippen LogP contribution in [0.25, 0.3) is 11.3 Å². The van der Waals surface area contributed by atoms with Crippen molar-refractivity contribution in [2.24, 2.45) is 0 Å². The maximum Gasteiger partial charge on any atom is 0.0712 e. The first kappa shape index (κ1) is 9.21. The highest BCUT2D eigenvalue weighted by Crippen LogP contribution is 2.23. The summed E-state index contributed by atoms with van der Waals surface area (Å²) in [4.78, 5) is 4.22. The average molecular weight is 208 g/mol. The van der Waals surface area contributed by atoms with E-state index in [1.54, 1.807) is 12.4 Å². The van der Waals surface area contributed by atoms with E-state index in [0.29, 0.717) is 5.88 Å². The highest BCUT2D eigenvalue weighted by atomic mass is 35.5. The summed E-state index contributed by atoms with van der Waals surface area (Å²) in [6.07, 6.45) is 3.52. The van der Waals surface area contributed by atoms with E-state index < -0.39 is 0 Å². The van der Waals surface area contributed by atoms with Crippen LogP contribution < -0.4 is 0 Å². The Morgan fingerprint density at radius 3 is 3.07 bits per heavy atom. The SMILES string of the molecule is Cc1ncccc1-c1[nH]ncc1CCl. The Balaban J connectivity index is 2.54. The monoisotopic (exact) mass is 207 g/mol. The van der Waals surface area contributed by atoms with Crippen molar-refractivity contribution in [3.63, 3.8) is 0 Å². The molecule has 72 valence electrons. The van der Waals surface area contributed by atoms with Crippen LogP contribution in [0.1, 0.15) is 11.3 Å². The Morgan fingerprint density at radius 1 is 1.50 bits per heavy atom. The Labute approximate surface area is 87.1 Å². The average Bonchev–Trinajstić information content (AvgIpc) is 2.66. The molecule has 0 aromatic carbocycles. The lowest BCUT2D eigenvalue weighted by Crippen LogP contribution is -1.89. The van der Waals surface area contributed by atoms with E-state index in [2.05, 4.69) is 15.2 Å².